The average molecular weight is 371 g/mol. The Balaban J connectivity index is 1.42. The molecule has 4 rings (SSSR count). The monoisotopic (exact) mass is 370 g/mol. The van der Waals surface area contributed by atoms with Crippen LogP contribution >= 0.6 is 11.6 Å². The molecular weight excluding hydrogens is 352 g/mol. The van der Waals surface area contributed by atoms with Gasteiger partial charge in [-0.05, 0) is 30.3 Å². The second kappa shape index (κ2) is 7.35. The van der Waals surface area contributed by atoms with E-state index in [-0.39, 0.29) is 6.04 Å². The van der Waals surface area contributed by atoms with Crippen LogP contribution in [-0.2, 0) is 0 Å². The van der Waals surface area contributed by atoms with Crippen molar-refractivity contribution < 1.29 is 0 Å². The molecule has 0 aliphatic carbocycles. The van der Waals surface area contributed by atoms with Crippen LogP contribution in [0, 0.1) is 0 Å². The fourth-order valence-electron chi connectivity index (χ4n) is 3.06. The van der Waals surface area contributed by atoms with Crippen molar-refractivity contribution in [2.24, 2.45) is 0 Å². The molecule has 134 valence electrons. The highest BCUT2D eigenvalue weighted by atomic mass is 35.5. The van der Waals surface area contributed by atoms with Crippen molar-refractivity contribution in [1.29, 1.82) is 0 Å². The maximum atomic E-state index is 6.04. The number of hydrogen-bond donors (Lipinski definition) is 0. The standard InChI is InChI=1S/C17H19ClN8/c1-13(17-21-23-26(22-17)15-4-2-3-14(18)11-15)24-7-9-25(10-8-24)16-12-19-5-6-20-16/h2-6,11-13H,7-10H2,1H3/t13-/m1/s1. The number of rotatable bonds is 4. The Morgan fingerprint density at radius 2 is 1.96 bits per heavy atom. The van der Waals surface area contributed by atoms with Gasteiger partial charge >= 0.3 is 0 Å². The molecule has 0 radical (unpaired) electrons. The molecule has 3 aromatic rings. The molecule has 3 heterocycles. The zero-order valence-corrected chi connectivity index (χ0v) is 15.2. The van der Waals surface area contributed by atoms with Gasteiger partial charge in [0, 0.05) is 43.6 Å². The van der Waals surface area contributed by atoms with Gasteiger partial charge in [-0.25, -0.2) is 4.98 Å². The van der Waals surface area contributed by atoms with Crippen LogP contribution in [0.25, 0.3) is 5.69 Å². The van der Waals surface area contributed by atoms with Crippen molar-refractivity contribution in [3.05, 3.63) is 53.7 Å². The van der Waals surface area contributed by atoms with E-state index in [1.165, 1.54) is 4.80 Å². The summed E-state index contributed by atoms with van der Waals surface area (Å²) in [5, 5.41) is 13.6. The summed E-state index contributed by atoms with van der Waals surface area (Å²) in [5.74, 6) is 1.63. The Labute approximate surface area is 156 Å². The molecule has 1 aliphatic rings. The first-order valence-corrected chi connectivity index (χ1v) is 8.89. The van der Waals surface area contributed by atoms with Crippen molar-refractivity contribution in [3.8, 4) is 5.69 Å². The predicted octanol–water partition coefficient (Wildman–Crippen LogP) is 1.99. The minimum atomic E-state index is 0.0898. The van der Waals surface area contributed by atoms with E-state index < -0.39 is 0 Å². The number of aromatic nitrogens is 6. The van der Waals surface area contributed by atoms with Gasteiger partial charge in [0.2, 0.25) is 0 Å². The van der Waals surface area contributed by atoms with Crippen LogP contribution in [0.5, 0.6) is 0 Å². The quantitative estimate of drug-likeness (QED) is 0.695. The van der Waals surface area contributed by atoms with E-state index in [2.05, 4.69) is 42.1 Å². The lowest BCUT2D eigenvalue weighted by molar-refractivity contribution is 0.191. The zero-order valence-electron chi connectivity index (χ0n) is 14.4. The zero-order chi connectivity index (χ0) is 17.9. The highest BCUT2D eigenvalue weighted by Crippen LogP contribution is 2.21. The van der Waals surface area contributed by atoms with Gasteiger partial charge in [-0.3, -0.25) is 9.88 Å². The van der Waals surface area contributed by atoms with Crippen molar-refractivity contribution in [3.63, 3.8) is 0 Å². The molecule has 1 atom stereocenters. The fraction of sp³-hybridized carbons (Fsp3) is 0.353. The van der Waals surface area contributed by atoms with Crippen molar-refractivity contribution in [1.82, 2.24) is 35.1 Å². The number of halogens is 1. The second-order valence-electron chi connectivity index (χ2n) is 6.18. The number of tetrazole rings is 1. The van der Waals surface area contributed by atoms with Gasteiger partial charge in [-0.1, -0.05) is 17.7 Å². The van der Waals surface area contributed by atoms with Crippen molar-refractivity contribution in [2.75, 3.05) is 31.1 Å². The lowest BCUT2D eigenvalue weighted by Crippen LogP contribution is -2.47. The molecule has 0 bridgehead atoms. The van der Waals surface area contributed by atoms with E-state index in [4.69, 9.17) is 11.6 Å². The lowest BCUT2D eigenvalue weighted by Gasteiger charge is -2.37. The largest absolute Gasteiger partial charge is 0.353 e. The van der Waals surface area contributed by atoms with Crippen LogP contribution in [0.1, 0.15) is 18.8 Å². The third-order valence-corrected chi connectivity index (χ3v) is 4.81. The maximum Gasteiger partial charge on any atom is 0.192 e. The Hall–Kier alpha value is -2.58. The van der Waals surface area contributed by atoms with Gasteiger partial charge in [-0.15, -0.1) is 15.0 Å². The highest BCUT2D eigenvalue weighted by Gasteiger charge is 2.25. The normalized spacial score (nSPS) is 16.6. The van der Waals surface area contributed by atoms with Crippen LogP contribution in [-0.4, -0.2) is 61.3 Å². The molecule has 1 aromatic carbocycles. The lowest BCUT2D eigenvalue weighted by atomic mass is 10.2. The van der Waals surface area contributed by atoms with Crippen LogP contribution in [0.15, 0.2) is 42.9 Å². The van der Waals surface area contributed by atoms with Gasteiger partial charge in [0.15, 0.2) is 5.82 Å². The molecular formula is C17H19ClN8. The molecule has 0 unspecified atom stereocenters. The van der Waals surface area contributed by atoms with Gasteiger partial charge < -0.3 is 4.90 Å². The minimum absolute atomic E-state index is 0.0898. The second-order valence-corrected chi connectivity index (χ2v) is 6.62. The van der Waals surface area contributed by atoms with E-state index in [1.54, 1.807) is 18.6 Å². The van der Waals surface area contributed by atoms with Crippen molar-refractivity contribution >= 4 is 17.4 Å². The minimum Gasteiger partial charge on any atom is -0.353 e. The summed E-state index contributed by atoms with van der Waals surface area (Å²) in [4.78, 5) is 14.6. The summed E-state index contributed by atoms with van der Waals surface area (Å²) in [5.41, 5.74) is 0.802. The van der Waals surface area contributed by atoms with Crippen LogP contribution in [0.4, 0.5) is 5.82 Å². The Morgan fingerprint density at radius 1 is 1.12 bits per heavy atom. The van der Waals surface area contributed by atoms with E-state index in [9.17, 15) is 0 Å². The van der Waals surface area contributed by atoms with Gasteiger partial charge in [0.05, 0.1) is 17.9 Å². The third-order valence-electron chi connectivity index (χ3n) is 4.58. The number of anilines is 1. The first-order valence-electron chi connectivity index (χ1n) is 8.51. The smallest absolute Gasteiger partial charge is 0.192 e. The van der Waals surface area contributed by atoms with Crippen LogP contribution in [0.3, 0.4) is 0 Å². The average Bonchev–Trinajstić information content (AvgIpc) is 3.18. The van der Waals surface area contributed by atoms with Gasteiger partial charge in [-0.2, -0.15) is 0 Å². The Bertz CT molecular complexity index is 860. The van der Waals surface area contributed by atoms with E-state index in [0.717, 1.165) is 37.7 Å². The summed E-state index contributed by atoms with van der Waals surface area (Å²) in [6.45, 7) is 5.71. The molecule has 2 aromatic heterocycles. The first kappa shape index (κ1) is 16.9. The summed E-state index contributed by atoms with van der Waals surface area (Å²) in [7, 11) is 0. The Morgan fingerprint density at radius 3 is 2.69 bits per heavy atom. The molecule has 0 saturated carbocycles. The van der Waals surface area contributed by atoms with Crippen LogP contribution in [0.2, 0.25) is 5.02 Å². The number of piperazine rings is 1. The fourth-order valence-corrected chi connectivity index (χ4v) is 3.24. The molecule has 1 fully saturated rings. The molecule has 26 heavy (non-hydrogen) atoms. The first-order chi connectivity index (χ1) is 12.7. The summed E-state index contributed by atoms with van der Waals surface area (Å²) in [6.07, 6.45) is 5.22. The number of nitrogens with zero attached hydrogens (tertiary/aromatic N) is 8. The predicted molar refractivity (Wildman–Crippen MR) is 98.4 cm³/mol. The molecule has 9 heteroatoms. The molecule has 1 saturated heterocycles. The molecule has 0 N–H and O–H groups in total. The summed E-state index contributed by atoms with van der Waals surface area (Å²) in [6, 6.07) is 7.50. The summed E-state index contributed by atoms with van der Waals surface area (Å²) < 4.78 is 0. The third kappa shape index (κ3) is 3.51. The van der Waals surface area contributed by atoms with E-state index >= 15 is 0 Å². The molecule has 0 amide bonds. The van der Waals surface area contributed by atoms with Crippen LogP contribution < -0.4 is 4.90 Å². The number of benzene rings is 1. The topological polar surface area (TPSA) is 75.9 Å². The number of hydrogen-bond acceptors (Lipinski definition) is 7. The van der Waals surface area contributed by atoms with Gasteiger partial charge in [0.1, 0.15) is 5.82 Å². The van der Waals surface area contributed by atoms with Gasteiger partial charge in [0.25, 0.3) is 0 Å². The molecule has 0 spiro atoms. The highest BCUT2D eigenvalue weighted by molar-refractivity contribution is 6.30. The maximum absolute atomic E-state index is 6.04. The summed E-state index contributed by atoms with van der Waals surface area (Å²) >= 11 is 6.04. The van der Waals surface area contributed by atoms with E-state index in [0.29, 0.717) is 10.8 Å². The van der Waals surface area contributed by atoms with Crippen molar-refractivity contribution in [2.45, 2.75) is 13.0 Å². The Kier molecular flexibility index (Phi) is 4.77. The SMILES string of the molecule is C[C@H](c1nnn(-c2cccc(Cl)c2)n1)N1CCN(c2cnccn2)CC1. The molecule has 1 aliphatic heterocycles. The molecule has 8 nitrogen and oxygen atoms in total. The van der Waals surface area contributed by atoms with E-state index in [1.807, 2.05) is 24.3 Å².